The van der Waals surface area contributed by atoms with Crippen molar-refractivity contribution < 1.29 is 0 Å². The fraction of sp³-hybridized carbons (Fsp3) is 0.0625. The third-order valence-corrected chi connectivity index (χ3v) is 4.46. The molecule has 1 aromatic carbocycles. The Hall–Kier alpha value is -1.92. The second kappa shape index (κ2) is 6.46. The first-order valence-electron chi connectivity index (χ1n) is 6.57. The molecular weight excluding hydrogens is 362 g/mol. The van der Waals surface area contributed by atoms with Crippen molar-refractivity contribution in [2.75, 3.05) is 5.75 Å². The van der Waals surface area contributed by atoms with Crippen LogP contribution in [0.3, 0.4) is 0 Å². The van der Waals surface area contributed by atoms with E-state index in [0.29, 0.717) is 27.5 Å². The number of pyridine rings is 1. The molecule has 3 aromatic rings. The van der Waals surface area contributed by atoms with Gasteiger partial charge in [-0.1, -0.05) is 33.8 Å². The molecule has 3 rings (SSSR count). The van der Waals surface area contributed by atoms with E-state index in [2.05, 4.69) is 32.5 Å². The fourth-order valence-corrected chi connectivity index (χ4v) is 3.19. The minimum absolute atomic E-state index is 0.106. The van der Waals surface area contributed by atoms with Crippen LogP contribution < -0.4 is 5.56 Å². The smallest absolute Gasteiger partial charge is 0.266 e. The van der Waals surface area contributed by atoms with E-state index in [1.807, 2.05) is 18.2 Å². The van der Waals surface area contributed by atoms with E-state index in [1.54, 1.807) is 35.2 Å². The largest absolute Gasteiger partial charge is 0.268 e. The lowest BCUT2D eigenvalue weighted by Crippen LogP contribution is -2.22. The molecule has 6 heteroatoms. The van der Waals surface area contributed by atoms with E-state index in [9.17, 15) is 4.79 Å². The summed E-state index contributed by atoms with van der Waals surface area (Å²) in [7, 11) is 0. The van der Waals surface area contributed by atoms with Gasteiger partial charge in [-0.2, -0.15) is 0 Å². The average Bonchev–Trinajstić information content (AvgIpc) is 2.54. The SMILES string of the molecule is C=CCSc1nc2ccc(Br)cc2c(=O)n1-c1cccnc1. The van der Waals surface area contributed by atoms with Crippen LogP contribution in [0.1, 0.15) is 0 Å². The van der Waals surface area contributed by atoms with Crippen LogP contribution >= 0.6 is 27.7 Å². The first-order chi connectivity index (χ1) is 10.7. The summed E-state index contributed by atoms with van der Waals surface area (Å²) in [4.78, 5) is 21.6. The summed E-state index contributed by atoms with van der Waals surface area (Å²) in [6.07, 6.45) is 5.12. The Morgan fingerprint density at radius 3 is 2.95 bits per heavy atom. The monoisotopic (exact) mass is 373 g/mol. The predicted octanol–water partition coefficient (Wildman–Crippen LogP) is 3.82. The number of aromatic nitrogens is 3. The predicted molar refractivity (Wildman–Crippen MR) is 93.8 cm³/mol. The molecule has 0 saturated heterocycles. The minimum Gasteiger partial charge on any atom is -0.268 e. The summed E-state index contributed by atoms with van der Waals surface area (Å²) in [6.45, 7) is 3.72. The van der Waals surface area contributed by atoms with Crippen molar-refractivity contribution in [3.8, 4) is 5.69 Å². The first-order valence-corrected chi connectivity index (χ1v) is 8.35. The number of nitrogens with zero attached hydrogens (tertiary/aromatic N) is 3. The summed E-state index contributed by atoms with van der Waals surface area (Å²) in [6, 6.07) is 9.16. The Morgan fingerprint density at radius 2 is 2.23 bits per heavy atom. The standard InChI is InChI=1S/C16H12BrN3OS/c1-2-8-22-16-19-14-6-5-11(17)9-13(14)15(21)20(16)12-4-3-7-18-10-12/h2-7,9-10H,1,8H2. The van der Waals surface area contributed by atoms with Crippen LogP contribution in [0.4, 0.5) is 0 Å². The van der Waals surface area contributed by atoms with Crippen LogP contribution in [0.15, 0.2) is 69.8 Å². The van der Waals surface area contributed by atoms with Crippen molar-refractivity contribution in [1.29, 1.82) is 0 Å². The van der Waals surface area contributed by atoms with Gasteiger partial charge in [0.2, 0.25) is 0 Å². The molecule has 2 heterocycles. The molecule has 0 radical (unpaired) electrons. The van der Waals surface area contributed by atoms with E-state index < -0.39 is 0 Å². The van der Waals surface area contributed by atoms with Gasteiger partial charge in [-0.15, -0.1) is 6.58 Å². The van der Waals surface area contributed by atoms with Gasteiger partial charge in [-0.05, 0) is 30.3 Å². The van der Waals surface area contributed by atoms with Gasteiger partial charge in [-0.3, -0.25) is 14.3 Å². The third-order valence-electron chi connectivity index (χ3n) is 3.03. The summed E-state index contributed by atoms with van der Waals surface area (Å²) in [5.74, 6) is 0.675. The Balaban J connectivity index is 2.33. The molecule has 22 heavy (non-hydrogen) atoms. The molecule has 0 aliphatic rings. The molecule has 0 aliphatic carbocycles. The van der Waals surface area contributed by atoms with Gasteiger partial charge in [-0.25, -0.2) is 4.98 Å². The summed E-state index contributed by atoms with van der Waals surface area (Å²) in [5, 5.41) is 1.20. The lowest BCUT2D eigenvalue weighted by Gasteiger charge is -2.12. The quantitative estimate of drug-likeness (QED) is 0.396. The van der Waals surface area contributed by atoms with Gasteiger partial charge in [0.25, 0.3) is 5.56 Å². The zero-order valence-corrected chi connectivity index (χ0v) is 14.0. The Morgan fingerprint density at radius 1 is 1.36 bits per heavy atom. The van der Waals surface area contributed by atoms with Crippen molar-refractivity contribution in [1.82, 2.24) is 14.5 Å². The minimum atomic E-state index is -0.106. The van der Waals surface area contributed by atoms with Crippen LogP contribution in [-0.4, -0.2) is 20.3 Å². The van der Waals surface area contributed by atoms with Crippen LogP contribution in [0.5, 0.6) is 0 Å². The lowest BCUT2D eigenvalue weighted by atomic mass is 10.2. The van der Waals surface area contributed by atoms with Gasteiger partial charge < -0.3 is 0 Å². The van der Waals surface area contributed by atoms with Crippen molar-refractivity contribution in [2.45, 2.75) is 5.16 Å². The van der Waals surface area contributed by atoms with Crippen LogP contribution in [0.25, 0.3) is 16.6 Å². The number of benzene rings is 1. The van der Waals surface area contributed by atoms with Crippen molar-refractivity contribution in [3.63, 3.8) is 0 Å². The maximum atomic E-state index is 12.9. The number of rotatable bonds is 4. The van der Waals surface area contributed by atoms with Crippen molar-refractivity contribution in [2.24, 2.45) is 0 Å². The lowest BCUT2D eigenvalue weighted by molar-refractivity contribution is 0.816. The second-order valence-corrected chi connectivity index (χ2v) is 6.41. The zero-order chi connectivity index (χ0) is 15.5. The fourth-order valence-electron chi connectivity index (χ4n) is 2.08. The van der Waals surface area contributed by atoms with Crippen molar-refractivity contribution in [3.05, 3.63) is 70.2 Å². The molecular formula is C16H12BrN3OS. The van der Waals surface area contributed by atoms with E-state index in [4.69, 9.17) is 0 Å². The van der Waals surface area contributed by atoms with Gasteiger partial charge in [0.05, 0.1) is 22.8 Å². The molecule has 0 unspecified atom stereocenters. The number of fused-ring (bicyclic) bond motifs is 1. The second-order valence-electron chi connectivity index (χ2n) is 4.51. The zero-order valence-electron chi connectivity index (χ0n) is 11.6. The molecule has 2 aromatic heterocycles. The van der Waals surface area contributed by atoms with Crippen LogP contribution in [0.2, 0.25) is 0 Å². The van der Waals surface area contributed by atoms with Crippen LogP contribution in [0, 0.1) is 0 Å². The highest BCUT2D eigenvalue weighted by Crippen LogP contribution is 2.22. The van der Waals surface area contributed by atoms with E-state index in [-0.39, 0.29) is 5.56 Å². The Kier molecular flexibility index (Phi) is 4.40. The highest BCUT2D eigenvalue weighted by molar-refractivity contribution is 9.10. The maximum Gasteiger partial charge on any atom is 0.266 e. The maximum absolute atomic E-state index is 12.9. The molecule has 0 N–H and O–H groups in total. The van der Waals surface area contributed by atoms with E-state index in [0.717, 1.165) is 4.47 Å². The van der Waals surface area contributed by atoms with Gasteiger partial charge in [0, 0.05) is 16.4 Å². The first kappa shape index (κ1) is 15.0. The van der Waals surface area contributed by atoms with Gasteiger partial charge in [0.1, 0.15) is 0 Å². The molecule has 0 amide bonds. The van der Waals surface area contributed by atoms with Crippen LogP contribution in [-0.2, 0) is 0 Å². The average molecular weight is 374 g/mol. The van der Waals surface area contributed by atoms with E-state index >= 15 is 0 Å². The molecule has 0 fully saturated rings. The molecule has 0 atom stereocenters. The number of halogens is 1. The summed E-state index contributed by atoms with van der Waals surface area (Å²) >= 11 is 4.87. The molecule has 4 nitrogen and oxygen atoms in total. The molecule has 110 valence electrons. The van der Waals surface area contributed by atoms with Gasteiger partial charge in [0.15, 0.2) is 5.16 Å². The van der Waals surface area contributed by atoms with Crippen molar-refractivity contribution >= 4 is 38.6 Å². The Bertz CT molecular complexity index is 893. The number of thioether (sulfide) groups is 1. The highest BCUT2D eigenvalue weighted by Gasteiger charge is 2.13. The molecule has 0 aliphatic heterocycles. The third kappa shape index (κ3) is 2.84. The summed E-state index contributed by atoms with van der Waals surface area (Å²) in [5.41, 5.74) is 1.28. The molecule has 0 spiro atoms. The molecule has 0 bridgehead atoms. The number of hydrogen-bond acceptors (Lipinski definition) is 4. The highest BCUT2D eigenvalue weighted by atomic mass is 79.9. The summed E-state index contributed by atoms with van der Waals surface area (Å²) < 4.78 is 2.44. The normalized spacial score (nSPS) is 10.8. The van der Waals surface area contributed by atoms with E-state index in [1.165, 1.54) is 11.8 Å². The Labute approximate surface area is 140 Å². The number of hydrogen-bond donors (Lipinski definition) is 0. The van der Waals surface area contributed by atoms with Gasteiger partial charge >= 0.3 is 0 Å². The molecule has 0 saturated carbocycles. The topological polar surface area (TPSA) is 47.8 Å².